The van der Waals surface area contributed by atoms with Gasteiger partial charge in [-0.2, -0.15) is 0 Å². The van der Waals surface area contributed by atoms with Gasteiger partial charge >= 0.3 is 0 Å². The molecule has 1 aliphatic heterocycles. The van der Waals surface area contributed by atoms with Gasteiger partial charge in [0.15, 0.2) is 5.60 Å². The average Bonchev–Trinajstić information content (AvgIpc) is 2.48. The Morgan fingerprint density at radius 2 is 1.68 bits per heavy atom. The fourth-order valence-electron chi connectivity index (χ4n) is 2.49. The first kappa shape index (κ1) is 12.0. The van der Waals surface area contributed by atoms with Crippen LogP contribution in [0.3, 0.4) is 0 Å². The van der Waals surface area contributed by atoms with Gasteiger partial charge in [-0.1, -0.05) is 54.6 Å². The number of hydrogen-bond acceptors (Lipinski definition) is 2. The third-order valence-electron chi connectivity index (χ3n) is 3.49. The van der Waals surface area contributed by atoms with Gasteiger partial charge in [-0.25, -0.2) is 0 Å². The monoisotopic (exact) mass is 252 g/mol. The van der Waals surface area contributed by atoms with Crippen molar-refractivity contribution in [2.75, 3.05) is 6.61 Å². The van der Waals surface area contributed by atoms with Crippen LogP contribution in [0.5, 0.6) is 5.75 Å². The van der Waals surface area contributed by atoms with Crippen LogP contribution in [0.25, 0.3) is 6.08 Å². The maximum absolute atomic E-state index is 9.38. The molecule has 2 aromatic rings. The van der Waals surface area contributed by atoms with Gasteiger partial charge in [0.2, 0.25) is 0 Å². The molecule has 3 rings (SSSR count). The fraction of sp³-hybridized carbons (Fsp3) is 0.176. The Kier molecular flexibility index (Phi) is 3.10. The van der Waals surface area contributed by atoms with Gasteiger partial charge in [-0.05, 0) is 17.7 Å². The minimum atomic E-state index is -0.565. The molecule has 0 saturated carbocycles. The Labute approximate surface area is 113 Å². The van der Waals surface area contributed by atoms with Gasteiger partial charge in [0.1, 0.15) is 5.75 Å². The van der Waals surface area contributed by atoms with Gasteiger partial charge in [0.05, 0.1) is 0 Å². The van der Waals surface area contributed by atoms with E-state index in [1.165, 1.54) is 0 Å². The molecule has 2 heteroatoms. The van der Waals surface area contributed by atoms with Gasteiger partial charge in [-0.3, -0.25) is 0 Å². The van der Waals surface area contributed by atoms with Crippen molar-refractivity contribution in [2.24, 2.45) is 0 Å². The highest BCUT2D eigenvalue weighted by Crippen LogP contribution is 2.39. The number of benzene rings is 2. The van der Waals surface area contributed by atoms with Crippen LogP contribution in [-0.2, 0) is 5.60 Å². The molecule has 0 aliphatic carbocycles. The number of ether oxygens (including phenoxy) is 1. The Morgan fingerprint density at radius 1 is 0.947 bits per heavy atom. The Hall–Kier alpha value is -2.06. The van der Waals surface area contributed by atoms with Crippen molar-refractivity contribution in [1.82, 2.24) is 0 Å². The first-order valence-electron chi connectivity index (χ1n) is 6.48. The summed E-state index contributed by atoms with van der Waals surface area (Å²) in [6.45, 7) is 0.0847. The summed E-state index contributed by atoms with van der Waals surface area (Å²) in [5.41, 5.74) is 1.58. The quantitative estimate of drug-likeness (QED) is 0.907. The largest absolute Gasteiger partial charge is 0.478 e. The standard InChI is InChI=1S/C17H16O2/c18-13-12-17(15-7-2-1-3-8-15)11-10-14-6-4-5-9-16(14)19-17/h1-11,18H,12-13H2. The van der Waals surface area contributed by atoms with Gasteiger partial charge in [0, 0.05) is 18.6 Å². The molecule has 0 spiro atoms. The highest BCUT2D eigenvalue weighted by Gasteiger charge is 2.33. The Balaban J connectivity index is 2.06. The van der Waals surface area contributed by atoms with Crippen LogP contribution < -0.4 is 4.74 Å². The van der Waals surface area contributed by atoms with E-state index in [9.17, 15) is 5.11 Å². The van der Waals surface area contributed by atoms with Crippen molar-refractivity contribution in [3.05, 3.63) is 71.8 Å². The summed E-state index contributed by atoms with van der Waals surface area (Å²) in [6.07, 6.45) is 4.66. The molecule has 0 radical (unpaired) electrons. The van der Waals surface area contributed by atoms with Crippen molar-refractivity contribution >= 4 is 6.08 Å². The van der Waals surface area contributed by atoms with Crippen molar-refractivity contribution in [3.8, 4) is 5.75 Å². The number of rotatable bonds is 3. The molecule has 1 aliphatic rings. The number of para-hydroxylation sites is 1. The van der Waals surface area contributed by atoms with Gasteiger partial charge < -0.3 is 9.84 Å². The molecule has 1 N–H and O–H groups in total. The van der Waals surface area contributed by atoms with Crippen LogP contribution in [0, 0.1) is 0 Å². The molecule has 1 heterocycles. The van der Waals surface area contributed by atoms with Gasteiger partial charge in [-0.15, -0.1) is 0 Å². The summed E-state index contributed by atoms with van der Waals surface area (Å²) in [4.78, 5) is 0. The molecule has 2 nitrogen and oxygen atoms in total. The molecule has 0 amide bonds. The molecule has 1 atom stereocenters. The van der Waals surface area contributed by atoms with E-state index in [-0.39, 0.29) is 6.61 Å². The third kappa shape index (κ3) is 2.15. The predicted molar refractivity (Wildman–Crippen MR) is 75.9 cm³/mol. The first-order valence-corrected chi connectivity index (χ1v) is 6.48. The Bertz CT molecular complexity index is 589. The fourth-order valence-corrected chi connectivity index (χ4v) is 2.49. The number of fused-ring (bicyclic) bond motifs is 1. The number of aliphatic hydroxyl groups excluding tert-OH is 1. The van der Waals surface area contributed by atoms with Crippen LogP contribution in [0.1, 0.15) is 17.5 Å². The van der Waals surface area contributed by atoms with Crippen LogP contribution in [0.2, 0.25) is 0 Å². The zero-order valence-electron chi connectivity index (χ0n) is 10.6. The van der Waals surface area contributed by atoms with E-state index in [1.807, 2.05) is 60.7 Å². The minimum Gasteiger partial charge on any atom is -0.478 e. The predicted octanol–water partition coefficient (Wildman–Crippen LogP) is 3.37. The summed E-state index contributed by atoms with van der Waals surface area (Å²) in [5.74, 6) is 0.863. The summed E-state index contributed by atoms with van der Waals surface area (Å²) in [7, 11) is 0. The van der Waals surface area contributed by atoms with E-state index >= 15 is 0 Å². The maximum Gasteiger partial charge on any atom is 0.155 e. The molecule has 2 aromatic carbocycles. The molecule has 0 aromatic heterocycles. The van der Waals surface area contributed by atoms with Crippen LogP contribution in [-0.4, -0.2) is 11.7 Å². The lowest BCUT2D eigenvalue weighted by Crippen LogP contribution is -2.33. The Morgan fingerprint density at radius 3 is 2.47 bits per heavy atom. The normalized spacial score (nSPS) is 20.7. The smallest absolute Gasteiger partial charge is 0.155 e. The molecule has 19 heavy (non-hydrogen) atoms. The summed E-state index contributed by atoms with van der Waals surface area (Å²) >= 11 is 0. The van der Waals surface area contributed by atoms with Crippen molar-refractivity contribution < 1.29 is 9.84 Å². The topological polar surface area (TPSA) is 29.5 Å². The second kappa shape index (κ2) is 4.90. The van der Waals surface area contributed by atoms with Crippen LogP contribution >= 0.6 is 0 Å². The van der Waals surface area contributed by atoms with Crippen molar-refractivity contribution in [1.29, 1.82) is 0 Å². The van der Waals surface area contributed by atoms with E-state index in [1.54, 1.807) is 0 Å². The molecule has 96 valence electrons. The highest BCUT2D eigenvalue weighted by molar-refractivity contribution is 5.61. The molecule has 0 fully saturated rings. The zero-order chi connectivity index (χ0) is 13.1. The van der Waals surface area contributed by atoms with E-state index < -0.39 is 5.60 Å². The lowest BCUT2D eigenvalue weighted by Gasteiger charge is -2.35. The highest BCUT2D eigenvalue weighted by atomic mass is 16.5. The van der Waals surface area contributed by atoms with E-state index in [0.29, 0.717) is 6.42 Å². The summed E-state index contributed by atoms with van der Waals surface area (Å²) < 4.78 is 6.20. The lowest BCUT2D eigenvalue weighted by molar-refractivity contribution is 0.0818. The van der Waals surface area contributed by atoms with E-state index in [4.69, 9.17) is 4.74 Å². The summed E-state index contributed by atoms with van der Waals surface area (Å²) in [6, 6.07) is 18.0. The zero-order valence-corrected chi connectivity index (χ0v) is 10.6. The molecular formula is C17H16O2. The first-order chi connectivity index (χ1) is 9.34. The van der Waals surface area contributed by atoms with Crippen molar-refractivity contribution in [3.63, 3.8) is 0 Å². The molecule has 0 saturated heterocycles. The molecule has 0 bridgehead atoms. The summed E-state index contributed by atoms with van der Waals surface area (Å²) in [5, 5.41) is 9.38. The molecule has 1 unspecified atom stereocenters. The second-order valence-corrected chi connectivity index (χ2v) is 4.70. The van der Waals surface area contributed by atoms with Crippen LogP contribution in [0.15, 0.2) is 60.7 Å². The minimum absolute atomic E-state index is 0.0847. The third-order valence-corrected chi connectivity index (χ3v) is 3.49. The number of hydrogen-bond donors (Lipinski definition) is 1. The van der Waals surface area contributed by atoms with Crippen LogP contribution in [0.4, 0.5) is 0 Å². The molecular weight excluding hydrogens is 236 g/mol. The average molecular weight is 252 g/mol. The maximum atomic E-state index is 9.38. The van der Waals surface area contributed by atoms with Gasteiger partial charge in [0.25, 0.3) is 0 Å². The van der Waals surface area contributed by atoms with E-state index in [0.717, 1.165) is 16.9 Å². The SMILES string of the molecule is OCCC1(c2ccccc2)C=Cc2ccccc2O1. The van der Waals surface area contributed by atoms with Crippen molar-refractivity contribution in [2.45, 2.75) is 12.0 Å². The van der Waals surface area contributed by atoms with E-state index in [2.05, 4.69) is 6.08 Å². The lowest BCUT2D eigenvalue weighted by atomic mass is 9.87. The number of aliphatic hydroxyl groups is 1. The second-order valence-electron chi connectivity index (χ2n) is 4.70.